The van der Waals surface area contributed by atoms with Gasteiger partial charge in [0.05, 0.1) is 24.0 Å². The predicted octanol–water partition coefficient (Wildman–Crippen LogP) is 5.36. The highest BCUT2D eigenvalue weighted by Gasteiger charge is 1.96. The molecule has 0 aliphatic carbocycles. The predicted molar refractivity (Wildman–Crippen MR) is 105 cm³/mol. The zero-order valence-electron chi connectivity index (χ0n) is 15.0. The van der Waals surface area contributed by atoms with Gasteiger partial charge in [0, 0.05) is 25.5 Å². The first kappa shape index (κ1) is 23.0. The Morgan fingerprint density at radius 1 is 0.625 bits per heavy atom. The number of unbranched alkanes of at least 4 members (excludes halogenated alkanes) is 7. The van der Waals surface area contributed by atoms with Gasteiger partial charge in [-0.15, -0.1) is 24.8 Å². The minimum absolute atomic E-state index is 0. The van der Waals surface area contributed by atoms with Crippen LogP contribution in [0.1, 0.15) is 62.8 Å². The van der Waals surface area contributed by atoms with Crippen LogP contribution in [0.5, 0.6) is 0 Å². The number of imidazole rings is 2. The van der Waals surface area contributed by atoms with E-state index in [2.05, 4.69) is 31.5 Å². The molecule has 0 N–H and O–H groups in total. The lowest BCUT2D eigenvalue weighted by atomic mass is 10.1. The van der Waals surface area contributed by atoms with E-state index in [1.54, 1.807) is 0 Å². The van der Waals surface area contributed by atoms with Gasteiger partial charge < -0.3 is 9.13 Å². The standard InChI is InChI=1S/C18H30N4.2ClH/c1-17-13-21(15-19-17)11-9-7-5-3-4-6-8-10-12-22-14-18(2)20-16-22;;/h13-16H,3-12H2,1-2H3;2*1H. The molecule has 2 aromatic heterocycles. The number of rotatable bonds is 11. The fraction of sp³-hybridized carbons (Fsp3) is 0.667. The van der Waals surface area contributed by atoms with Crippen molar-refractivity contribution < 1.29 is 0 Å². The van der Waals surface area contributed by atoms with Gasteiger partial charge in [0.2, 0.25) is 0 Å². The van der Waals surface area contributed by atoms with Crippen molar-refractivity contribution >= 4 is 24.8 Å². The van der Waals surface area contributed by atoms with Crippen molar-refractivity contribution in [2.45, 2.75) is 78.3 Å². The Balaban J connectivity index is 0.00000264. The van der Waals surface area contributed by atoms with Crippen LogP contribution in [-0.4, -0.2) is 19.1 Å². The van der Waals surface area contributed by atoms with E-state index in [1.807, 2.05) is 26.5 Å². The first-order chi connectivity index (χ1) is 10.7. The lowest BCUT2D eigenvalue weighted by molar-refractivity contribution is 0.525. The van der Waals surface area contributed by atoms with Gasteiger partial charge in [-0.25, -0.2) is 9.97 Å². The Kier molecular flexibility index (Phi) is 12.8. The molecule has 0 unspecified atom stereocenters. The summed E-state index contributed by atoms with van der Waals surface area (Å²) in [7, 11) is 0. The van der Waals surface area contributed by atoms with E-state index in [4.69, 9.17) is 0 Å². The molecule has 138 valence electrons. The van der Waals surface area contributed by atoms with Crippen LogP contribution in [0.3, 0.4) is 0 Å². The third kappa shape index (κ3) is 9.33. The number of hydrogen-bond donors (Lipinski definition) is 0. The van der Waals surface area contributed by atoms with E-state index in [1.165, 1.54) is 51.4 Å². The second kappa shape index (κ2) is 13.3. The Labute approximate surface area is 158 Å². The van der Waals surface area contributed by atoms with E-state index >= 15 is 0 Å². The van der Waals surface area contributed by atoms with Gasteiger partial charge in [0.25, 0.3) is 0 Å². The molecule has 0 fully saturated rings. The van der Waals surface area contributed by atoms with E-state index in [0.717, 1.165) is 24.5 Å². The topological polar surface area (TPSA) is 35.6 Å². The highest BCUT2D eigenvalue weighted by Crippen LogP contribution is 2.10. The Hall–Kier alpha value is -1.000. The van der Waals surface area contributed by atoms with Crippen molar-refractivity contribution in [3.63, 3.8) is 0 Å². The molecule has 24 heavy (non-hydrogen) atoms. The summed E-state index contributed by atoms with van der Waals surface area (Å²) < 4.78 is 4.40. The van der Waals surface area contributed by atoms with Crippen molar-refractivity contribution in [2.24, 2.45) is 0 Å². The van der Waals surface area contributed by atoms with Crippen molar-refractivity contribution in [1.82, 2.24) is 19.1 Å². The quantitative estimate of drug-likeness (QED) is 0.496. The monoisotopic (exact) mass is 374 g/mol. The lowest BCUT2D eigenvalue weighted by Gasteiger charge is -2.04. The Morgan fingerprint density at radius 3 is 1.25 bits per heavy atom. The number of nitrogens with zero attached hydrogens (tertiary/aromatic N) is 4. The molecule has 6 heteroatoms. The minimum Gasteiger partial charge on any atom is -0.337 e. The van der Waals surface area contributed by atoms with Crippen LogP contribution in [0.2, 0.25) is 0 Å². The summed E-state index contributed by atoms with van der Waals surface area (Å²) in [6, 6.07) is 0. The summed E-state index contributed by atoms with van der Waals surface area (Å²) in [6.45, 7) is 6.32. The third-order valence-corrected chi connectivity index (χ3v) is 4.11. The summed E-state index contributed by atoms with van der Waals surface area (Å²) in [5.41, 5.74) is 2.23. The average molecular weight is 375 g/mol. The summed E-state index contributed by atoms with van der Waals surface area (Å²) in [5.74, 6) is 0. The zero-order valence-corrected chi connectivity index (χ0v) is 16.6. The van der Waals surface area contributed by atoms with Crippen molar-refractivity contribution in [1.29, 1.82) is 0 Å². The first-order valence-corrected chi connectivity index (χ1v) is 8.71. The molecular weight excluding hydrogens is 343 g/mol. The van der Waals surface area contributed by atoms with Gasteiger partial charge >= 0.3 is 0 Å². The molecule has 2 aromatic rings. The smallest absolute Gasteiger partial charge is 0.0949 e. The lowest BCUT2D eigenvalue weighted by Crippen LogP contribution is -1.95. The van der Waals surface area contributed by atoms with Crippen LogP contribution >= 0.6 is 24.8 Å². The molecule has 0 saturated heterocycles. The van der Waals surface area contributed by atoms with Crippen molar-refractivity contribution in [3.05, 3.63) is 36.4 Å². The molecule has 2 rings (SSSR count). The molecule has 0 radical (unpaired) electrons. The van der Waals surface area contributed by atoms with Gasteiger partial charge in [-0.05, 0) is 26.7 Å². The molecule has 4 nitrogen and oxygen atoms in total. The van der Waals surface area contributed by atoms with Crippen LogP contribution in [-0.2, 0) is 13.1 Å². The molecule has 0 aromatic carbocycles. The number of aromatic nitrogens is 4. The normalized spacial score (nSPS) is 10.2. The Bertz CT molecular complexity index is 488. The average Bonchev–Trinajstić information content (AvgIpc) is 3.09. The SMILES string of the molecule is Cc1cn(CCCCCCCCCCn2cnc(C)c2)cn1.Cl.Cl. The fourth-order valence-electron chi connectivity index (χ4n) is 2.84. The van der Waals surface area contributed by atoms with Gasteiger partial charge in [0.15, 0.2) is 0 Å². The molecule has 0 saturated carbocycles. The molecule has 0 amide bonds. The summed E-state index contributed by atoms with van der Waals surface area (Å²) in [6.07, 6.45) is 18.9. The van der Waals surface area contributed by atoms with Crippen LogP contribution in [0.4, 0.5) is 0 Å². The second-order valence-electron chi connectivity index (χ2n) is 6.33. The third-order valence-electron chi connectivity index (χ3n) is 4.11. The summed E-state index contributed by atoms with van der Waals surface area (Å²) >= 11 is 0. The molecule has 0 bridgehead atoms. The van der Waals surface area contributed by atoms with Crippen LogP contribution in [0, 0.1) is 13.8 Å². The number of hydrogen-bond acceptors (Lipinski definition) is 2. The maximum atomic E-state index is 4.25. The van der Waals surface area contributed by atoms with Gasteiger partial charge in [0.1, 0.15) is 0 Å². The number of aryl methyl sites for hydroxylation is 4. The fourth-order valence-corrected chi connectivity index (χ4v) is 2.84. The molecule has 0 aliphatic rings. The zero-order chi connectivity index (χ0) is 15.6. The second-order valence-corrected chi connectivity index (χ2v) is 6.33. The maximum Gasteiger partial charge on any atom is 0.0949 e. The molecule has 0 aliphatic heterocycles. The van der Waals surface area contributed by atoms with Gasteiger partial charge in [-0.3, -0.25) is 0 Å². The molecular formula is C18H32Cl2N4. The van der Waals surface area contributed by atoms with Crippen LogP contribution in [0.15, 0.2) is 25.0 Å². The Morgan fingerprint density at radius 2 is 0.958 bits per heavy atom. The van der Waals surface area contributed by atoms with Crippen molar-refractivity contribution in [3.8, 4) is 0 Å². The highest BCUT2D eigenvalue weighted by atomic mass is 35.5. The minimum atomic E-state index is 0. The molecule has 0 spiro atoms. The largest absolute Gasteiger partial charge is 0.337 e. The van der Waals surface area contributed by atoms with Gasteiger partial charge in [-0.2, -0.15) is 0 Å². The molecule has 0 atom stereocenters. The summed E-state index contributed by atoms with van der Waals surface area (Å²) in [4.78, 5) is 8.51. The summed E-state index contributed by atoms with van der Waals surface area (Å²) in [5, 5.41) is 0. The van der Waals surface area contributed by atoms with Crippen LogP contribution in [0.25, 0.3) is 0 Å². The van der Waals surface area contributed by atoms with Crippen molar-refractivity contribution in [2.75, 3.05) is 0 Å². The first-order valence-electron chi connectivity index (χ1n) is 8.71. The van der Waals surface area contributed by atoms with E-state index < -0.39 is 0 Å². The van der Waals surface area contributed by atoms with E-state index in [0.29, 0.717) is 0 Å². The van der Waals surface area contributed by atoms with E-state index in [9.17, 15) is 0 Å². The van der Waals surface area contributed by atoms with Crippen LogP contribution < -0.4 is 0 Å². The highest BCUT2D eigenvalue weighted by molar-refractivity contribution is 5.85. The van der Waals surface area contributed by atoms with Gasteiger partial charge in [-0.1, -0.05) is 38.5 Å². The maximum absolute atomic E-state index is 4.25. The molecule has 2 heterocycles. The number of halogens is 2. The van der Waals surface area contributed by atoms with E-state index in [-0.39, 0.29) is 24.8 Å².